The molecule has 146 valence electrons. The van der Waals surface area contributed by atoms with Crippen LogP contribution in [-0.2, 0) is 0 Å². The minimum atomic E-state index is -0.654. The van der Waals surface area contributed by atoms with E-state index >= 15 is 0 Å². The summed E-state index contributed by atoms with van der Waals surface area (Å²) in [7, 11) is 0. The Balaban J connectivity index is 1.87. The zero-order valence-corrected chi connectivity index (χ0v) is 15.9. The molecule has 30 heavy (non-hydrogen) atoms. The van der Waals surface area contributed by atoms with Gasteiger partial charge >= 0.3 is 6.03 Å². The van der Waals surface area contributed by atoms with E-state index in [0.29, 0.717) is 17.1 Å². The number of rotatable bonds is 5. The molecule has 4 rings (SSSR count). The molecule has 2 amide bonds. The number of hydrogen-bond acceptors (Lipinski definition) is 5. The topological polar surface area (TPSA) is 78.8 Å². The first-order valence-corrected chi connectivity index (χ1v) is 9.23. The second-order valence-electron chi connectivity index (χ2n) is 6.27. The van der Waals surface area contributed by atoms with Crippen LogP contribution in [0.25, 0.3) is 11.3 Å². The highest BCUT2D eigenvalue weighted by atomic mass is 16.3. The van der Waals surface area contributed by atoms with E-state index in [-0.39, 0.29) is 5.82 Å². The number of nitrogens with zero attached hydrogens (tertiary/aromatic N) is 5. The number of urea groups is 1. The Hall–Kier alpha value is -4.39. The van der Waals surface area contributed by atoms with E-state index in [1.54, 1.807) is 42.6 Å². The van der Waals surface area contributed by atoms with Crippen molar-refractivity contribution in [2.45, 2.75) is 0 Å². The van der Waals surface area contributed by atoms with Crippen molar-refractivity contribution in [2.75, 3.05) is 9.91 Å². The molecule has 2 aromatic heterocycles. The molecule has 0 atom stereocenters. The summed E-state index contributed by atoms with van der Waals surface area (Å²) >= 11 is 0. The third-order valence-electron chi connectivity index (χ3n) is 4.42. The number of amides is 2. The van der Waals surface area contributed by atoms with Crippen molar-refractivity contribution in [1.82, 2.24) is 9.97 Å². The minimum absolute atomic E-state index is 0.133. The largest absolute Gasteiger partial charge is 0.358 e. The van der Waals surface area contributed by atoms with Crippen LogP contribution in [0.1, 0.15) is 0 Å². The molecule has 2 aromatic carbocycles. The van der Waals surface area contributed by atoms with E-state index in [0.717, 1.165) is 10.6 Å². The van der Waals surface area contributed by atoms with Gasteiger partial charge in [0.15, 0.2) is 5.82 Å². The van der Waals surface area contributed by atoms with Crippen molar-refractivity contribution in [2.24, 2.45) is 5.29 Å². The quantitative estimate of drug-likeness (QED) is 0.326. The van der Waals surface area contributed by atoms with Crippen LogP contribution in [0, 0.1) is 4.91 Å². The van der Waals surface area contributed by atoms with Crippen molar-refractivity contribution in [3.63, 3.8) is 0 Å². The van der Waals surface area contributed by atoms with Crippen LogP contribution in [0.5, 0.6) is 0 Å². The van der Waals surface area contributed by atoms with Crippen molar-refractivity contribution < 1.29 is 4.79 Å². The van der Waals surface area contributed by atoms with Gasteiger partial charge < -0.3 is 0 Å². The Bertz CT molecular complexity index is 1140. The molecule has 0 aliphatic rings. The van der Waals surface area contributed by atoms with Gasteiger partial charge in [-0.1, -0.05) is 48.5 Å². The fraction of sp³-hybridized carbons (Fsp3) is 0. The SMILES string of the molecule is O=NN(C(=O)N(c1ccccc1)c1ccccc1-c1ccccn1)c1ccccn1. The number of pyridine rings is 2. The van der Waals surface area contributed by atoms with Crippen molar-refractivity contribution in [1.29, 1.82) is 0 Å². The maximum Gasteiger partial charge on any atom is 0.358 e. The van der Waals surface area contributed by atoms with Crippen molar-refractivity contribution >= 4 is 23.2 Å². The number of anilines is 3. The van der Waals surface area contributed by atoms with Gasteiger partial charge in [0.2, 0.25) is 0 Å². The normalized spacial score (nSPS) is 10.3. The number of carbonyl (C=O) groups excluding carboxylic acids is 1. The Morgan fingerprint density at radius 3 is 2.07 bits per heavy atom. The van der Waals surface area contributed by atoms with Crippen LogP contribution in [0.4, 0.5) is 22.0 Å². The molecular weight excluding hydrogens is 378 g/mol. The lowest BCUT2D eigenvalue weighted by Gasteiger charge is -2.27. The number of nitroso groups, excluding NO2 is 1. The summed E-state index contributed by atoms with van der Waals surface area (Å²) in [4.78, 5) is 35.1. The van der Waals surface area contributed by atoms with Crippen LogP contribution in [0.3, 0.4) is 0 Å². The fourth-order valence-electron chi connectivity index (χ4n) is 3.09. The van der Waals surface area contributed by atoms with Gasteiger partial charge in [-0.3, -0.25) is 9.88 Å². The van der Waals surface area contributed by atoms with Crippen LogP contribution in [-0.4, -0.2) is 16.0 Å². The van der Waals surface area contributed by atoms with Crippen molar-refractivity contribution in [3.05, 3.63) is 108 Å². The van der Waals surface area contributed by atoms with E-state index in [9.17, 15) is 9.70 Å². The first-order valence-electron chi connectivity index (χ1n) is 9.23. The van der Waals surface area contributed by atoms with Gasteiger partial charge in [-0.15, -0.1) is 9.92 Å². The molecule has 0 N–H and O–H groups in total. The zero-order valence-electron chi connectivity index (χ0n) is 15.9. The highest BCUT2D eigenvalue weighted by molar-refractivity contribution is 6.09. The lowest BCUT2D eigenvalue weighted by atomic mass is 10.1. The smallest absolute Gasteiger partial charge is 0.260 e. The summed E-state index contributed by atoms with van der Waals surface area (Å²) in [6.45, 7) is 0. The molecule has 0 aliphatic carbocycles. The number of para-hydroxylation sites is 2. The summed E-state index contributed by atoms with van der Waals surface area (Å²) in [5, 5.41) is 3.68. The molecule has 2 heterocycles. The maximum absolute atomic E-state index is 13.6. The highest BCUT2D eigenvalue weighted by Gasteiger charge is 2.29. The molecule has 7 nitrogen and oxygen atoms in total. The molecule has 0 aliphatic heterocycles. The second kappa shape index (κ2) is 8.74. The molecule has 4 aromatic rings. The number of carbonyl (C=O) groups is 1. The van der Waals surface area contributed by atoms with Crippen LogP contribution in [0.15, 0.2) is 109 Å². The molecule has 0 fully saturated rings. The summed E-state index contributed by atoms with van der Waals surface area (Å²) in [5.41, 5.74) is 2.58. The molecule has 0 saturated carbocycles. The summed E-state index contributed by atoms with van der Waals surface area (Å²) in [6, 6.07) is 26.3. The summed E-state index contributed by atoms with van der Waals surface area (Å²) in [6.07, 6.45) is 3.18. The summed E-state index contributed by atoms with van der Waals surface area (Å²) < 4.78 is 0. The third-order valence-corrected chi connectivity index (χ3v) is 4.42. The third kappa shape index (κ3) is 3.77. The maximum atomic E-state index is 13.6. The van der Waals surface area contributed by atoms with Gasteiger partial charge in [0.25, 0.3) is 0 Å². The molecule has 7 heteroatoms. The van der Waals surface area contributed by atoms with E-state index in [4.69, 9.17) is 0 Å². The Morgan fingerprint density at radius 1 is 0.733 bits per heavy atom. The number of hydrogen-bond donors (Lipinski definition) is 0. The van der Waals surface area contributed by atoms with E-state index in [1.165, 1.54) is 11.1 Å². The molecule has 0 radical (unpaired) electrons. The Labute approximate surface area is 173 Å². The standard InChI is InChI=1S/C23H17N5O2/c29-23(28(26-30)22-15-7-9-17-25-22)27(18-10-2-1-3-11-18)21-14-5-4-12-19(21)20-13-6-8-16-24-20/h1-17H. The van der Waals surface area contributed by atoms with Gasteiger partial charge in [0.1, 0.15) is 0 Å². The molecule has 0 unspecified atom stereocenters. The first kappa shape index (κ1) is 18.9. The Kier molecular flexibility index (Phi) is 5.52. The first-order chi connectivity index (χ1) is 14.8. The predicted octanol–water partition coefficient (Wildman–Crippen LogP) is 5.59. The van der Waals surface area contributed by atoms with Crippen LogP contribution < -0.4 is 9.91 Å². The van der Waals surface area contributed by atoms with E-state index in [1.807, 2.05) is 54.6 Å². The minimum Gasteiger partial charge on any atom is -0.260 e. The van der Waals surface area contributed by atoms with Gasteiger partial charge in [0.05, 0.1) is 22.4 Å². The number of aromatic nitrogens is 2. The van der Waals surface area contributed by atoms with Crippen LogP contribution >= 0.6 is 0 Å². The van der Waals surface area contributed by atoms with E-state index < -0.39 is 6.03 Å². The fourth-order valence-corrected chi connectivity index (χ4v) is 3.09. The van der Waals surface area contributed by atoms with Crippen LogP contribution in [0.2, 0.25) is 0 Å². The van der Waals surface area contributed by atoms with Gasteiger partial charge in [0, 0.05) is 18.0 Å². The van der Waals surface area contributed by atoms with Crippen molar-refractivity contribution in [3.8, 4) is 11.3 Å². The lowest BCUT2D eigenvalue weighted by molar-refractivity contribution is 0.253. The summed E-state index contributed by atoms with van der Waals surface area (Å²) in [5.74, 6) is 0.133. The molecule has 0 saturated heterocycles. The lowest BCUT2D eigenvalue weighted by Crippen LogP contribution is -2.38. The van der Waals surface area contributed by atoms with Gasteiger partial charge in [-0.2, -0.15) is 0 Å². The second-order valence-corrected chi connectivity index (χ2v) is 6.27. The monoisotopic (exact) mass is 395 g/mol. The molecule has 0 spiro atoms. The zero-order chi connectivity index (χ0) is 20.8. The average Bonchev–Trinajstić information content (AvgIpc) is 2.82. The average molecular weight is 395 g/mol. The van der Waals surface area contributed by atoms with Gasteiger partial charge in [-0.05, 0) is 42.5 Å². The Morgan fingerprint density at radius 2 is 1.40 bits per heavy atom. The van der Waals surface area contributed by atoms with E-state index in [2.05, 4.69) is 15.3 Å². The predicted molar refractivity (Wildman–Crippen MR) is 116 cm³/mol. The molecule has 0 bridgehead atoms. The molecular formula is C23H17N5O2. The number of benzene rings is 2. The highest BCUT2D eigenvalue weighted by Crippen LogP contribution is 2.35. The van der Waals surface area contributed by atoms with Gasteiger partial charge in [-0.25, -0.2) is 9.78 Å².